The highest BCUT2D eigenvalue weighted by Gasteiger charge is 2.31. The van der Waals surface area contributed by atoms with Crippen LogP contribution in [0, 0.1) is 0 Å². The summed E-state index contributed by atoms with van der Waals surface area (Å²) in [5, 5.41) is 28.8. The Bertz CT molecular complexity index is 1040. The van der Waals surface area contributed by atoms with Gasteiger partial charge in [0.1, 0.15) is 11.7 Å². The van der Waals surface area contributed by atoms with Gasteiger partial charge in [0, 0.05) is 36.5 Å². The maximum absolute atomic E-state index is 12.4. The summed E-state index contributed by atoms with van der Waals surface area (Å²) < 4.78 is 0. The van der Waals surface area contributed by atoms with E-state index in [4.69, 9.17) is 10.8 Å². The van der Waals surface area contributed by atoms with E-state index in [1.165, 1.54) is 17.0 Å². The fraction of sp³-hybridized carbons (Fsp3) is 0.375. The zero-order valence-corrected chi connectivity index (χ0v) is 21.0. The molecule has 0 saturated carbocycles. The number of benzene rings is 1. The zero-order chi connectivity index (χ0) is 28.1. The minimum Gasteiger partial charge on any atom is -0.481 e. The first kappa shape index (κ1) is 30.5. The van der Waals surface area contributed by atoms with Crippen molar-refractivity contribution >= 4 is 35.9 Å². The molecular weight excluding hydrogens is 484 g/mol. The molecule has 2 atom stereocenters. The number of carbonyl (C=O) groups is 5. The average molecular weight is 519 g/mol. The third-order valence-electron chi connectivity index (χ3n) is 5.15. The number of carboxylic acid groups (broad SMARTS) is 2. The summed E-state index contributed by atoms with van der Waals surface area (Å²) in [6.07, 6.45) is -0.0828. The molecule has 13 nitrogen and oxygen atoms in total. The molecule has 0 radical (unpaired) electrons. The van der Waals surface area contributed by atoms with Gasteiger partial charge in [0.05, 0.1) is 11.9 Å². The number of nitrogens with one attached hydrogen (secondary N) is 4. The monoisotopic (exact) mass is 518 g/mol. The summed E-state index contributed by atoms with van der Waals surface area (Å²) in [6, 6.07) is 4.38. The Morgan fingerprint density at radius 3 is 2.32 bits per heavy atom. The molecule has 2 unspecified atom stereocenters. The SMILES string of the molecule is C=C(N)NC(=O)C1=C(C)NCC(CNc2ccc(C(=O)NC(CCC(=O)O)C(=O)O)cc2)N1C=O.CC. The molecule has 1 aliphatic heterocycles. The van der Waals surface area contributed by atoms with Gasteiger partial charge in [-0.2, -0.15) is 0 Å². The number of aliphatic carboxylic acids is 2. The first-order valence-corrected chi connectivity index (χ1v) is 11.6. The number of allylic oxidation sites excluding steroid dienone is 1. The van der Waals surface area contributed by atoms with E-state index in [0.29, 0.717) is 24.3 Å². The number of hydrogen-bond donors (Lipinski definition) is 7. The maximum Gasteiger partial charge on any atom is 0.326 e. The van der Waals surface area contributed by atoms with Crippen LogP contribution in [0.15, 0.2) is 48.1 Å². The fourth-order valence-corrected chi connectivity index (χ4v) is 3.37. The van der Waals surface area contributed by atoms with E-state index in [9.17, 15) is 29.1 Å². The van der Waals surface area contributed by atoms with Crippen molar-refractivity contribution in [2.75, 3.05) is 18.4 Å². The predicted octanol–water partition coefficient (Wildman–Crippen LogP) is 0.380. The number of rotatable bonds is 12. The Balaban J connectivity index is 0.00000334. The molecule has 202 valence electrons. The molecule has 2 rings (SSSR count). The van der Waals surface area contributed by atoms with E-state index >= 15 is 0 Å². The highest BCUT2D eigenvalue weighted by Crippen LogP contribution is 2.18. The number of hydrogen-bond acceptors (Lipinski definition) is 8. The summed E-state index contributed by atoms with van der Waals surface area (Å²) in [5.74, 6) is -3.77. The lowest BCUT2D eigenvalue weighted by Gasteiger charge is -2.36. The molecule has 0 fully saturated rings. The molecule has 37 heavy (non-hydrogen) atoms. The Morgan fingerprint density at radius 1 is 1.19 bits per heavy atom. The summed E-state index contributed by atoms with van der Waals surface area (Å²) in [4.78, 5) is 59.8. The number of carboxylic acids is 2. The van der Waals surface area contributed by atoms with Crippen molar-refractivity contribution in [3.05, 3.63) is 53.6 Å². The molecule has 8 N–H and O–H groups in total. The minimum absolute atomic E-state index is 0.0536. The molecule has 1 aromatic carbocycles. The van der Waals surface area contributed by atoms with Crippen LogP contribution in [0.25, 0.3) is 0 Å². The predicted molar refractivity (Wildman–Crippen MR) is 136 cm³/mol. The smallest absolute Gasteiger partial charge is 0.326 e. The second-order valence-electron chi connectivity index (χ2n) is 7.76. The number of nitrogens with two attached hydrogens (primary N) is 1. The number of nitrogens with zero attached hydrogens (tertiary/aromatic N) is 1. The summed E-state index contributed by atoms with van der Waals surface area (Å²) in [5.41, 5.74) is 6.85. The van der Waals surface area contributed by atoms with Crippen molar-refractivity contribution in [1.29, 1.82) is 0 Å². The quantitative estimate of drug-likeness (QED) is 0.190. The number of carbonyl (C=O) groups excluding carboxylic acids is 3. The van der Waals surface area contributed by atoms with Gasteiger partial charge in [0.2, 0.25) is 6.41 Å². The van der Waals surface area contributed by atoms with Crippen molar-refractivity contribution in [2.45, 2.75) is 45.7 Å². The highest BCUT2D eigenvalue weighted by molar-refractivity contribution is 5.97. The van der Waals surface area contributed by atoms with E-state index in [1.807, 2.05) is 13.8 Å². The van der Waals surface area contributed by atoms with Crippen molar-refractivity contribution in [3.63, 3.8) is 0 Å². The molecule has 1 heterocycles. The molecule has 0 saturated heterocycles. The highest BCUT2D eigenvalue weighted by atomic mass is 16.4. The van der Waals surface area contributed by atoms with E-state index < -0.39 is 42.3 Å². The van der Waals surface area contributed by atoms with Crippen LogP contribution >= 0.6 is 0 Å². The molecule has 0 aliphatic carbocycles. The van der Waals surface area contributed by atoms with Crippen molar-refractivity contribution in [2.24, 2.45) is 5.73 Å². The van der Waals surface area contributed by atoms with Gasteiger partial charge in [-0.1, -0.05) is 20.4 Å². The first-order valence-electron chi connectivity index (χ1n) is 11.6. The Kier molecular flexibility index (Phi) is 12.2. The van der Waals surface area contributed by atoms with Gasteiger partial charge in [-0.25, -0.2) is 4.79 Å². The van der Waals surface area contributed by atoms with Gasteiger partial charge in [0.15, 0.2) is 0 Å². The van der Waals surface area contributed by atoms with E-state index in [-0.39, 0.29) is 30.0 Å². The van der Waals surface area contributed by atoms with Gasteiger partial charge >= 0.3 is 11.9 Å². The second kappa shape index (κ2) is 14.8. The summed E-state index contributed by atoms with van der Waals surface area (Å²) >= 11 is 0. The Morgan fingerprint density at radius 2 is 1.81 bits per heavy atom. The molecule has 0 spiro atoms. The maximum atomic E-state index is 12.4. The number of amides is 3. The van der Waals surface area contributed by atoms with Crippen LogP contribution in [-0.4, -0.2) is 70.4 Å². The Hall–Kier alpha value is -4.55. The molecular formula is C24H34N6O7. The van der Waals surface area contributed by atoms with Crippen LogP contribution in [0.5, 0.6) is 0 Å². The lowest BCUT2D eigenvalue weighted by molar-refractivity contribution is -0.140. The van der Waals surface area contributed by atoms with Crippen molar-refractivity contribution in [3.8, 4) is 0 Å². The van der Waals surface area contributed by atoms with Crippen LogP contribution in [0.3, 0.4) is 0 Å². The van der Waals surface area contributed by atoms with E-state index in [0.717, 1.165) is 0 Å². The summed E-state index contributed by atoms with van der Waals surface area (Å²) in [6.45, 7) is 9.73. The average Bonchev–Trinajstić information content (AvgIpc) is 2.86. The molecule has 13 heteroatoms. The minimum atomic E-state index is -1.33. The lowest BCUT2D eigenvalue weighted by Crippen LogP contribution is -2.53. The third-order valence-corrected chi connectivity index (χ3v) is 5.15. The standard InChI is InChI=1S/C22H28N6O7.C2H6/c1-12-19(21(33)26-13(2)23)28(11-29)16(9-24-12)10-25-15-5-3-14(4-6-15)20(32)27-17(22(34)35)7-8-18(30)31;1-2/h3-6,11,16-17,24-25H,2,7-10,23H2,1H3,(H,26,33)(H,27,32)(H,30,31)(H,34,35);1-2H3. The topological polar surface area (TPSA) is 203 Å². The van der Waals surface area contributed by atoms with Crippen LogP contribution in [0.2, 0.25) is 0 Å². The molecule has 0 bridgehead atoms. The van der Waals surface area contributed by atoms with Gasteiger partial charge < -0.3 is 42.1 Å². The fourth-order valence-electron chi connectivity index (χ4n) is 3.37. The molecule has 1 aliphatic rings. The largest absolute Gasteiger partial charge is 0.481 e. The molecule has 0 aromatic heterocycles. The van der Waals surface area contributed by atoms with Gasteiger partial charge in [-0.15, -0.1) is 0 Å². The van der Waals surface area contributed by atoms with E-state index in [1.54, 1.807) is 19.1 Å². The van der Waals surface area contributed by atoms with Crippen LogP contribution < -0.4 is 27.0 Å². The van der Waals surface area contributed by atoms with Crippen molar-refractivity contribution in [1.82, 2.24) is 20.9 Å². The van der Waals surface area contributed by atoms with Gasteiger partial charge in [0.25, 0.3) is 11.8 Å². The van der Waals surface area contributed by atoms with Gasteiger partial charge in [-0.05, 0) is 37.6 Å². The van der Waals surface area contributed by atoms with E-state index in [2.05, 4.69) is 27.8 Å². The van der Waals surface area contributed by atoms with Crippen LogP contribution in [0.1, 0.15) is 44.0 Å². The Labute approximate surface area is 214 Å². The zero-order valence-electron chi connectivity index (χ0n) is 21.0. The van der Waals surface area contributed by atoms with Gasteiger partial charge in [-0.3, -0.25) is 19.2 Å². The summed E-state index contributed by atoms with van der Waals surface area (Å²) in [7, 11) is 0. The first-order chi connectivity index (χ1) is 17.5. The lowest BCUT2D eigenvalue weighted by atomic mass is 10.1. The second-order valence-corrected chi connectivity index (χ2v) is 7.76. The van der Waals surface area contributed by atoms with Crippen LogP contribution in [-0.2, 0) is 19.2 Å². The molecule has 3 amide bonds. The normalized spacial score (nSPS) is 15.2. The number of anilines is 1. The third kappa shape index (κ3) is 9.20. The van der Waals surface area contributed by atoms with Crippen LogP contribution in [0.4, 0.5) is 5.69 Å². The van der Waals surface area contributed by atoms with Crippen molar-refractivity contribution < 1.29 is 34.2 Å². The molecule has 1 aromatic rings.